The van der Waals surface area contributed by atoms with E-state index >= 15 is 0 Å². The predicted molar refractivity (Wildman–Crippen MR) is 74.0 cm³/mol. The molecule has 0 aromatic heterocycles. The number of ketones is 1. The molecule has 0 atom stereocenters. The van der Waals surface area contributed by atoms with Gasteiger partial charge in [-0.1, -0.05) is 6.92 Å². The molecule has 4 nitrogen and oxygen atoms in total. The summed E-state index contributed by atoms with van der Waals surface area (Å²) in [7, 11) is 0. The standard InChI is InChI=1S/C14H29NO3/c1-4-14(16)8-7-9-15(10-12-17-5-2)11-13-18-6-3/h4-13H2,1-3H3. The Labute approximate surface area is 112 Å². The van der Waals surface area contributed by atoms with Crippen molar-refractivity contribution in [3.05, 3.63) is 0 Å². The number of rotatable bonds is 13. The van der Waals surface area contributed by atoms with Crippen LogP contribution >= 0.6 is 0 Å². The van der Waals surface area contributed by atoms with E-state index in [0.29, 0.717) is 18.6 Å². The number of Topliss-reactive ketones (excluding diaryl/α,β-unsaturated/α-hetero) is 1. The molecule has 0 saturated carbocycles. The third kappa shape index (κ3) is 10.7. The lowest BCUT2D eigenvalue weighted by Gasteiger charge is -2.21. The van der Waals surface area contributed by atoms with Crippen molar-refractivity contribution in [1.29, 1.82) is 0 Å². The van der Waals surface area contributed by atoms with E-state index in [1.54, 1.807) is 0 Å². The molecule has 108 valence electrons. The second-order valence-electron chi connectivity index (χ2n) is 4.23. The predicted octanol–water partition coefficient (Wildman–Crippen LogP) is 2.12. The molecule has 0 aliphatic rings. The number of hydrogen-bond acceptors (Lipinski definition) is 4. The SMILES string of the molecule is CCOCCN(CCCC(=O)CC)CCOCC. The van der Waals surface area contributed by atoms with Crippen LogP contribution in [0.5, 0.6) is 0 Å². The summed E-state index contributed by atoms with van der Waals surface area (Å²) < 4.78 is 10.7. The molecule has 0 saturated heterocycles. The molecule has 18 heavy (non-hydrogen) atoms. The molecule has 0 aliphatic heterocycles. The van der Waals surface area contributed by atoms with Gasteiger partial charge in [0.25, 0.3) is 0 Å². The lowest BCUT2D eigenvalue weighted by molar-refractivity contribution is -0.118. The van der Waals surface area contributed by atoms with Gasteiger partial charge in [-0.25, -0.2) is 0 Å². The Morgan fingerprint density at radius 1 is 0.944 bits per heavy atom. The van der Waals surface area contributed by atoms with Crippen molar-refractivity contribution in [2.75, 3.05) is 46.1 Å². The van der Waals surface area contributed by atoms with Crippen LogP contribution in [0.15, 0.2) is 0 Å². The van der Waals surface area contributed by atoms with Crippen LogP contribution in [0.2, 0.25) is 0 Å². The van der Waals surface area contributed by atoms with Crippen molar-refractivity contribution >= 4 is 5.78 Å². The van der Waals surface area contributed by atoms with Crippen molar-refractivity contribution in [3.63, 3.8) is 0 Å². The fourth-order valence-electron chi connectivity index (χ4n) is 1.69. The highest BCUT2D eigenvalue weighted by atomic mass is 16.5. The van der Waals surface area contributed by atoms with Gasteiger partial charge < -0.3 is 9.47 Å². The summed E-state index contributed by atoms with van der Waals surface area (Å²) in [6, 6.07) is 0. The van der Waals surface area contributed by atoms with Crippen molar-refractivity contribution in [2.24, 2.45) is 0 Å². The lowest BCUT2D eigenvalue weighted by Crippen LogP contribution is -2.32. The fourth-order valence-corrected chi connectivity index (χ4v) is 1.69. The van der Waals surface area contributed by atoms with Gasteiger partial charge in [0.05, 0.1) is 13.2 Å². The van der Waals surface area contributed by atoms with Gasteiger partial charge in [-0.05, 0) is 26.8 Å². The molecule has 0 heterocycles. The van der Waals surface area contributed by atoms with E-state index in [4.69, 9.17) is 9.47 Å². The molecule has 0 unspecified atom stereocenters. The molecule has 0 aromatic carbocycles. The zero-order valence-corrected chi connectivity index (χ0v) is 12.2. The summed E-state index contributed by atoms with van der Waals surface area (Å²) in [4.78, 5) is 13.6. The number of ether oxygens (including phenoxy) is 2. The molecular weight excluding hydrogens is 230 g/mol. The summed E-state index contributed by atoms with van der Waals surface area (Å²) in [5, 5.41) is 0. The highest BCUT2D eigenvalue weighted by molar-refractivity contribution is 5.77. The molecule has 0 aromatic rings. The van der Waals surface area contributed by atoms with E-state index in [9.17, 15) is 4.79 Å². The van der Waals surface area contributed by atoms with E-state index in [1.807, 2.05) is 20.8 Å². The van der Waals surface area contributed by atoms with Crippen LogP contribution in [0.3, 0.4) is 0 Å². The van der Waals surface area contributed by atoms with E-state index in [0.717, 1.165) is 52.5 Å². The van der Waals surface area contributed by atoms with Crippen LogP contribution in [-0.4, -0.2) is 56.7 Å². The Hall–Kier alpha value is -0.450. The minimum atomic E-state index is 0.351. The first-order valence-electron chi connectivity index (χ1n) is 7.14. The summed E-state index contributed by atoms with van der Waals surface area (Å²) in [6.07, 6.45) is 2.28. The Bertz CT molecular complexity index is 187. The maximum absolute atomic E-state index is 11.2. The molecular formula is C14H29NO3. The van der Waals surface area contributed by atoms with E-state index in [2.05, 4.69) is 4.90 Å². The van der Waals surface area contributed by atoms with Crippen LogP contribution in [0.4, 0.5) is 0 Å². The smallest absolute Gasteiger partial charge is 0.132 e. The van der Waals surface area contributed by atoms with Crippen LogP contribution < -0.4 is 0 Å². The summed E-state index contributed by atoms with van der Waals surface area (Å²) in [6.45, 7) is 11.7. The molecule has 0 bridgehead atoms. The summed E-state index contributed by atoms with van der Waals surface area (Å²) in [5.74, 6) is 0.351. The second-order valence-corrected chi connectivity index (χ2v) is 4.23. The van der Waals surface area contributed by atoms with E-state index in [-0.39, 0.29) is 0 Å². The van der Waals surface area contributed by atoms with Gasteiger partial charge in [0.2, 0.25) is 0 Å². The van der Waals surface area contributed by atoms with Gasteiger partial charge in [-0.15, -0.1) is 0 Å². The maximum atomic E-state index is 11.2. The van der Waals surface area contributed by atoms with Crippen LogP contribution in [0.1, 0.15) is 40.0 Å². The van der Waals surface area contributed by atoms with Gasteiger partial charge in [-0.2, -0.15) is 0 Å². The van der Waals surface area contributed by atoms with Crippen molar-refractivity contribution < 1.29 is 14.3 Å². The van der Waals surface area contributed by atoms with E-state index in [1.165, 1.54) is 0 Å². The molecule has 0 fully saturated rings. The normalized spacial score (nSPS) is 11.1. The number of carbonyl (C=O) groups excluding carboxylic acids is 1. The zero-order valence-electron chi connectivity index (χ0n) is 12.2. The van der Waals surface area contributed by atoms with Crippen LogP contribution in [0.25, 0.3) is 0 Å². The Kier molecular flexibility index (Phi) is 12.7. The van der Waals surface area contributed by atoms with Gasteiger partial charge in [0.15, 0.2) is 0 Å². The van der Waals surface area contributed by atoms with Gasteiger partial charge in [-0.3, -0.25) is 9.69 Å². The second kappa shape index (κ2) is 13.0. The maximum Gasteiger partial charge on any atom is 0.132 e. The quantitative estimate of drug-likeness (QED) is 0.475. The Morgan fingerprint density at radius 3 is 1.94 bits per heavy atom. The minimum absolute atomic E-state index is 0.351. The molecule has 0 spiro atoms. The average molecular weight is 259 g/mol. The highest BCUT2D eigenvalue weighted by Crippen LogP contribution is 1.99. The summed E-state index contributed by atoms with van der Waals surface area (Å²) in [5.41, 5.74) is 0. The van der Waals surface area contributed by atoms with E-state index < -0.39 is 0 Å². The number of hydrogen-bond donors (Lipinski definition) is 0. The Morgan fingerprint density at radius 2 is 1.50 bits per heavy atom. The van der Waals surface area contributed by atoms with Crippen LogP contribution in [-0.2, 0) is 14.3 Å². The third-order valence-electron chi connectivity index (χ3n) is 2.84. The minimum Gasteiger partial charge on any atom is -0.380 e. The molecule has 4 heteroatoms. The topological polar surface area (TPSA) is 38.8 Å². The first kappa shape index (κ1) is 17.6. The van der Waals surface area contributed by atoms with Crippen molar-refractivity contribution in [2.45, 2.75) is 40.0 Å². The van der Waals surface area contributed by atoms with Gasteiger partial charge in [0.1, 0.15) is 5.78 Å². The van der Waals surface area contributed by atoms with Gasteiger partial charge in [0, 0.05) is 39.1 Å². The van der Waals surface area contributed by atoms with Crippen molar-refractivity contribution in [3.8, 4) is 0 Å². The van der Waals surface area contributed by atoms with Crippen LogP contribution in [0, 0.1) is 0 Å². The molecule has 0 aliphatic carbocycles. The lowest BCUT2D eigenvalue weighted by atomic mass is 10.2. The molecule has 0 radical (unpaired) electrons. The highest BCUT2D eigenvalue weighted by Gasteiger charge is 2.06. The van der Waals surface area contributed by atoms with Crippen molar-refractivity contribution in [1.82, 2.24) is 4.90 Å². The van der Waals surface area contributed by atoms with Gasteiger partial charge >= 0.3 is 0 Å². The first-order valence-corrected chi connectivity index (χ1v) is 7.14. The molecule has 0 amide bonds. The fraction of sp³-hybridized carbons (Fsp3) is 0.929. The summed E-state index contributed by atoms with van der Waals surface area (Å²) >= 11 is 0. The largest absolute Gasteiger partial charge is 0.380 e. The molecule has 0 N–H and O–H groups in total. The average Bonchev–Trinajstić information content (AvgIpc) is 2.38. The number of nitrogens with zero attached hydrogens (tertiary/aromatic N) is 1. The molecule has 0 rings (SSSR count). The monoisotopic (exact) mass is 259 g/mol. The zero-order chi connectivity index (χ0) is 13.6. The number of carbonyl (C=O) groups is 1. The first-order chi connectivity index (χ1) is 8.74. The third-order valence-corrected chi connectivity index (χ3v) is 2.84. The Balaban J connectivity index is 3.76.